The van der Waals surface area contributed by atoms with E-state index in [1.54, 1.807) is 0 Å². The van der Waals surface area contributed by atoms with Gasteiger partial charge in [0.05, 0.1) is 25.6 Å². The zero-order valence-electron chi connectivity index (χ0n) is 16.8. The highest BCUT2D eigenvalue weighted by molar-refractivity contribution is 5.88. The molecule has 2 N–H and O–H groups in total. The number of aliphatic hydroxyl groups excluding tert-OH is 1. The fourth-order valence-electron chi connectivity index (χ4n) is 2.79. The second-order valence-electron chi connectivity index (χ2n) is 6.89. The SMILES string of the molecule is COC(=O)C[C@H](c1ccc([N+](=O)[O-])cc1)[C@H](NC(=O)[C@H](O)CC(C)C)C(=O)OC. The number of nitrogens with one attached hydrogen (secondary N) is 1. The van der Waals surface area contributed by atoms with E-state index in [2.05, 4.69) is 10.1 Å². The monoisotopic (exact) mass is 410 g/mol. The molecule has 1 amide bonds. The molecular formula is C19H26N2O8. The summed E-state index contributed by atoms with van der Waals surface area (Å²) in [5.74, 6) is -3.16. The Kier molecular flexibility index (Phi) is 9.20. The molecule has 0 heterocycles. The van der Waals surface area contributed by atoms with Crippen LogP contribution in [-0.4, -0.2) is 54.2 Å². The normalized spacial score (nSPS) is 13.9. The van der Waals surface area contributed by atoms with Gasteiger partial charge in [-0.15, -0.1) is 0 Å². The molecule has 0 radical (unpaired) electrons. The molecule has 0 aromatic heterocycles. The van der Waals surface area contributed by atoms with Crippen LogP contribution in [0.1, 0.15) is 38.2 Å². The fourth-order valence-corrected chi connectivity index (χ4v) is 2.79. The first-order valence-corrected chi connectivity index (χ1v) is 8.98. The second kappa shape index (κ2) is 11.1. The molecule has 0 saturated heterocycles. The first kappa shape index (κ1) is 24.0. The maximum absolute atomic E-state index is 12.4. The maximum Gasteiger partial charge on any atom is 0.329 e. The molecule has 10 heteroatoms. The van der Waals surface area contributed by atoms with Crippen LogP contribution in [0.4, 0.5) is 5.69 Å². The number of amides is 1. The van der Waals surface area contributed by atoms with E-state index in [1.165, 1.54) is 31.4 Å². The minimum absolute atomic E-state index is 0.0351. The van der Waals surface area contributed by atoms with Gasteiger partial charge in [0.2, 0.25) is 5.91 Å². The van der Waals surface area contributed by atoms with Gasteiger partial charge in [-0.3, -0.25) is 19.7 Å². The Bertz CT molecular complexity index is 732. The summed E-state index contributed by atoms with van der Waals surface area (Å²) in [6.07, 6.45) is -1.47. The van der Waals surface area contributed by atoms with E-state index < -0.39 is 40.8 Å². The Morgan fingerprint density at radius 2 is 1.72 bits per heavy atom. The van der Waals surface area contributed by atoms with Crippen LogP contribution in [0.3, 0.4) is 0 Å². The van der Waals surface area contributed by atoms with Crippen molar-refractivity contribution in [3.63, 3.8) is 0 Å². The quantitative estimate of drug-likeness (QED) is 0.334. The molecule has 160 valence electrons. The van der Waals surface area contributed by atoms with Crippen molar-refractivity contribution in [2.24, 2.45) is 5.92 Å². The van der Waals surface area contributed by atoms with Crippen LogP contribution >= 0.6 is 0 Å². The fraction of sp³-hybridized carbons (Fsp3) is 0.526. The van der Waals surface area contributed by atoms with Crippen LogP contribution in [0.2, 0.25) is 0 Å². The molecule has 0 aliphatic heterocycles. The molecule has 0 unspecified atom stereocenters. The number of carbonyl (C=O) groups is 3. The van der Waals surface area contributed by atoms with Gasteiger partial charge in [-0.25, -0.2) is 4.79 Å². The second-order valence-corrected chi connectivity index (χ2v) is 6.89. The number of benzene rings is 1. The van der Waals surface area contributed by atoms with Crippen molar-refractivity contribution in [3.8, 4) is 0 Å². The lowest BCUT2D eigenvalue weighted by Gasteiger charge is -2.27. The van der Waals surface area contributed by atoms with Crippen LogP contribution in [0.15, 0.2) is 24.3 Å². The van der Waals surface area contributed by atoms with Crippen molar-refractivity contribution in [1.29, 1.82) is 0 Å². The van der Waals surface area contributed by atoms with Gasteiger partial charge in [0.1, 0.15) is 12.1 Å². The predicted octanol–water partition coefficient (Wildman–Crippen LogP) is 1.31. The Labute approximate surface area is 168 Å². The summed E-state index contributed by atoms with van der Waals surface area (Å²) in [6.45, 7) is 3.65. The Balaban J connectivity index is 3.25. The van der Waals surface area contributed by atoms with E-state index >= 15 is 0 Å². The van der Waals surface area contributed by atoms with E-state index in [0.29, 0.717) is 5.56 Å². The van der Waals surface area contributed by atoms with Gasteiger partial charge in [0.15, 0.2) is 0 Å². The molecule has 0 spiro atoms. The number of hydrogen-bond donors (Lipinski definition) is 2. The molecule has 3 atom stereocenters. The van der Waals surface area contributed by atoms with Gasteiger partial charge < -0.3 is 19.9 Å². The summed E-state index contributed by atoms with van der Waals surface area (Å²) >= 11 is 0. The van der Waals surface area contributed by atoms with Crippen LogP contribution in [0, 0.1) is 16.0 Å². The van der Waals surface area contributed by atoms with Gasteiger partial charge in [-0.05, 0) is 17.9 Å². The lowest BCUT2D eigenvalue weighted by Crippen LogP contribution is -2.49. The van der Waals surface area contributed by atoms with Crippen molar-refractivity contribution in [1.82, 2.24) is 5.32 Å². The van der Waals surface area contributed by atoms with E-state index in [-0.39, 0.29) is 24.4 Å². The summed E-state index contributed by atoms with van der Waals surface area (Å²) in [4.78, 5) is 46.9. The van der Waals surface area contributed by atoms with E-state index in [1.807, 2.05) is 13.8 Å². The molecule has 0 aliphatic carbocycles. The number of nitrogens with zero attached hydrogens (tertiary/aromatic N) is 1. The smallest absolute Gasteiger partial charge is 0.329 e. The minimum Gasteiger partial charge on any atom is -0.469 e. The summed E-state index contributed by atoms with van der Waals surface area (Å²) < 4.78 is 9.43. The number of ether oxygens (including phenoxy) is 2. The third kappa shape index (κ3) is 7.15. The number of nitro benzene ring substituents is 1. The molecule has 10 nitrogen and oxygen atoms in total. The third-order valence-corrected chi connectivity index (χ3v) is 4.30. The molecular weight excluding hydrogens is 384 g/mol. The minimum atomic E-state index is -1.35. The van der Waals surface area contributed by atoms with Gasteiger partial charge in [0.25, 0.3) is 5.69 Å². The summed E-state index contributed by atoms with van der Waals surface area (Å²) in [7, 11) is 2.30. The number of methoxy groups -OCH3 is 2. The average Bonchev–Trinajstić information content (AvgIpc) is 2.69. The molecule has 0 aliphatic rings. The van der Waals surface area contributed by atoms with Crippen LogP contribution in [0.25, 0.3) is 0 Å². The molecule has 29 heavy (non-hydrogen) atoms. The van der Waals surface area contributed by atoms with Gasteiger partial charge in [0, 0.05) is 18.1 Å². The number of esters is 2. The molecule has 0 fully saturated rings. The molecule has 1 aromatic rings. The van der Waals surface area contributed by atoms with Crippen molar-refractivity contribution in [2.75, 3.05) is 14.2 Å². The maximum atomic E-state index is 12.4. The standard InChI is InChI=1S/C19H26N2O8/c1-11(2)9-15(22)18(24)20-17(19(25)29-4)14(10-16(23)28-3)12-5-7-13(8-6-12)21(26)27/h5-8,11,14-15,17,22H,9-10H2,1-4H3,(H,20,24)/t14-,15-,17+/m1/s1. The molecule has 0 bridgehead atoms. The predicted molar refractivity (Wildman–Crippen MR) is 102 cm³/mol. The van der Waals surface area contributed by atoms with Crippen molar-refractivity contribution < 1.29 is 33.9 Å². The first-order chi connectivity index (χ1) is 13.6. The van der Waals surface area contributed by atoms with Crippen LogP contribution in [-0.2, 0) is 23.9 Å². The van der Waals surface area contributed by atoms with Gasteiger partial charge >= 0.3 is 11.9 Å². The zero-order valence-corrected chi connectivity index (χ0v) is 16.8. The molecule has 1 aromatic carbocycles. The lowest BCUT2D eigenvalue weighted by molar-refractivity contribution is -0.384. The first-order valence-electron chi connectivity index (χ1n) is 8.98. The van der Waals surface area contributed by atoms with E-state index in [0.717, 1.165) is 7.11 Å². The largest absolute Gasteiger partial charge is 0.469 e. The lowest BCUT2D eigenvalue weighted by atomic mass is 9.88. The Morgan fingerprint density at radius 3 is 2.17 bits per heavy atom. The number of carbonyl (C=O) groups excluding carboxylic acids is 3. The van der Waals surface area contributed by atoms with Crippen molar-refractivity contribution in [2.45, 2.75) is 44.8 Å². The highest BCUT2D eigenvalue weighted by atomic mass is 16.6. The highest BCUT2D eigenvalue weighted by Crippen LogP contribution is 2.27. The average molecular weight is 410 g/mol. The topological polar surface area (TPSA) is 145 Å². The summed E-state index contributed by atoms with van der Waals surface area (Å²) in [6, 6.07) is 3.92. The molecule has 0 saturated carbocycles. The Hall–Kier alpha value is -3.01. The van der Waals surface area contributed by atoms with E-state index in [9.17, 15) is 29.6 Å². The highest BCUT2D eigenvalue weighted by Gasteiger charge is 2.35. The number of nitro groups is 1. The Morgan fingerprint density at radius 1 is 1.14 bits per heavy atom. The van der Waals surface area contributed by atoms with Crippen molar-refractivity contribution in [3.05, 3.63) is 39.9 Å². The number of hydrogen-bond acceptors (Lipinski definition) is 8. The van der Waals surface area contributed by atoms with Crippen LogP contribution < -0.4 is 5.32 Å². The van der Waals surface area contributed by atoms with Crippen LogP contribution in [0.5, 0.6) is 0 Å². The van der Waals surface area contributed by atoms with E-state index in [4.69, 9.17) is 4.74 Å². The number of rotatable bonds is 10. The summed E-state index contributed by atoms with van der Waals surface area (Å²) in [5, 5.41) is 23.3. The third-order valence-electron chi connectivity index (χ3n) is 4.30. The zero-order chi connectivity index (χ0) is 22.1. The number of non-ortho nitro benzene ring substituents is 1. The van der Waals surface area contributed by atoms with Crippen molar-refractivity contribution >= 4 is 23.5 Å². The van der Waals surface area contributed by atoms with Gasteiger partial charge in [-0.1, -0.05) is 26.0 Å². The van der Waals surface area contributed by atoms with Gasteiger partial charge in [-0.2, -0.15) is 0 Å². The number of aliphatic hydroxyl groups is 1. The summed E-state index contributed by atoms with van der Waals surface area (Å²) in [5.41, 5.74) is 0.214. The molecule has 1 rings (SSSR count).